The molecular weight excluding hydrogens is 266 g/mol. The lowest BCUT2D eigenvalue weighted by Gasteiger charge is -2.13. The lowest BCUT2D eigenvalue weighted by molar-refractivity contribution is -0.114. The second-order valence-corrected chi connectivity index (χ2v) is 4.08. The first-order valence-corrected chi connectivity index (χ1v) is 5.92. The molecule has 20 heavy (non-hydrogen) atoms. The van der Waals surface area contributed by atoms with Crippen molar-refractivity contribution in [1.82, 2.24) is 19.5 Å². The number of hydrogen-bond acceptors (Lipinski definition) is 7. The van der Waals surface area contributed by atoms with Crippen molar-refractivity contribution in [1.29, 1.82) is 0 Å². The van der Waals surface area contributed by atoms with Crippen LogP contribution in [0.1, 0.15) is 6.92 Å². The zero-order valence-electron chi connectivity index (χ0n) is 10.9. The number of nitrogens with zero attached hydrogens (tertiary/aromatic N) is 4. The molecule has 0 aliphatic rings. The third-order valence-electron chi connectivity index (χ3n) is 2.52. The third kappa shape index (κ3) is 3.26. The smallest absolute Gasteiger partial charge is 0.231 e. The van der Waals surface area contributed by atoms with Gasteiger partial charge in [-0.1, -0.05) is 0 Å². The Bertz CT molecular complexity index is 596. The molecule has 9 heteroatoms. The summed E-state index contributed by atoms with van der Waals surface area (Å²) in [5.41, 5.74) is 1.03. The van der Waals surface area contributed by atoms with Crippen molar-refractivity contribution in [3.63, 3.8) is 0 Å². The molecule has 3 N–H and O–H groups in total. The number of carbonyl (C=O) groups is 1. The molecule has 2 heterocycles. The number of aliphatic hydroxyl groups is 2. The Balaban J connectivity index is 2.14. The Kier molecular flexibility index (Phi) is 4.56. The van der Waals surface area contributed by atoms with E-state index >= 15 is 0 Å². The van der Waals surface area contributed by atoms with Crippen LogP contribution in [0.3, 0.4) is 0 Å². The molecule has 0 spiro atoms. The van der Waals surface area contributed by atoms with E-state index in [1.807, 2.05) is 0 Å². The SMILES string of the molecule is CC(=O)Nc1ncc2c(ncn2COC(CO)CO)n1. The summed E-state index contributed by atoms with van der Waals surface area (Å²) in [7, 11) is 0. The molecule has 0 bridgehead atoms. The predicted octanol–water partition coefficient (Wildman–Crippen LogP) is -0.888. The van der Waals surface area contributed by atoms with Crippen LogP contribution in [-0.2, 0) is 16.3 Å². The molecule has 108 valence electrons. The summed E-state index contributed by atoms with van der Waals surface area (Å²) >= 11 is 0. The number of aliphatic hydroxyl groups excluding tert-OH is 2. The molecular formula is C11H15N5O4. The first-order chi connectivity index (χ1) is 9.63. The lowest BCUT2D eigenvalue weighted by Crippen LogP contribution is -2.23. The zero-order valence-corrected chi connectivity index (χ0v) is 10.9. The van der Waals surface area contributed by atoms with Crippen LogP contribution >= 0.6 is 0 Å². The molecule has 0 aromatic carbocycles. The van der Waals surface area contributed by atoms with Crippen LogP contribution < -0.4 is 5.32 Å². The van der Waals surface area contributed by atoms with Gasteiger partial charge in [0.1, 0.15) is 18.4 Å². The van der Waals surface area contributed by atoms with Crippen LogP contribution in [0, 0.1) is 0 Å². The Morgan fingerprint density at radius 1 is 1.45 bits per heavy atom. The van der Waals surface area contributed by atoms with E-state index in [0.29, 0.717) is 11.2 Å². The highest BCUT2D eigenvalue weighted by Gasteiger charge is 2.10. The monoisotopic (exact) mass is 281 g/mol. The minimum atomic E-state index is -0.646. The van der Waals surface area contributed by atoms with E-state index in [2.05, 4.69) is 20.3 Å². The van der Waals surface area contributed by atoms with Gasteiger partial charge in [0.05, 0.1) is 25.7 Å². The number of ether oxygens (including phenoxy) is 1. The number of nitrogens with one attached hydrogen (secondary N) is 1. The molecule has 0 aliphatic carbocycles. The highest BCUT2D eigenvalue weighted by atomic mass is 16.5. The number of carbonyl (C=O) groups excluding carboxylic acids is 1. The summed E-state index contributed by atoms with van der Waals surface area (Å²) < 4.78 is 6.92. The normalized spacial score (nSPS) is 11.2. The molecule has 0 aliphatic heterocycles. The highest BCUT2D eigenvalue weighted by molar-refractivity contribution is 5.87. The third-order valence-corrected chi connectivity index (χ3v) is 2.52. The van der Waals surface area contributed by atoms with Crippen molar-refractivity contribution in [2.45, 2.75) is 19.8 Å². The van der Waals surface area contributed by atoms with Crippen molar-refractivity contribution in [2.24, 2.45) is 0 Å². The molecule has 0 saturated carbocycles. The second-order valence-electron chi connectivity index (χ2n) is 4.08. The maximum absolute atomic E-state index is 10.9. The number of fused-ring (bicyclic) bond motifs is 1. The quantitative estimate of drug-likeness (QED) is 0.627. The summed E-state index contributed by atoms with van der Waals surface area (Å²) in [6.07, 6.45) is 2.37. The van der Waals surface area contributed by atoms with E-state index in [-0.39, 0.29) is 31.8 Å². The van der Waals surface area contributed by atoms with E-state index in [4.69, 9.17) is 14.9 Å². The summed E-state index contributed by atoms with van der Waals surface area (Å²) in [4.78, 5) is 23.0. The molecule has 2 aromatic heterocycles. The fourth-order valence-electron chi connectivity index (χ4n) is 1.52. The van der Waals surface area contributed by atoms with Crippen molar-refractivity contribution >= 4 is 23.0 Å². The van der Waals surface area contributed by atoms with Crippen LogP contribution in [-0.4, -0.2) is 55.0 Å². The zero-order chi connectivity index (χ0) is 14.5. The summed E-state index contributed by atoms with van der Waals surface area (Å²) in [6.45, 7) is 0.924. The fourth-order valence-corrected chi connectivity index (χ4v) is 1.52. The fraction of sp³-hybridized carbons (Fsp3) is 0.455. The predicted molar refractivity (Wildman–Crippen MR) is 68.7 cm³/mol. The first-order valence-electron chi connectivity index (χ1n) is 5.92. The van der Waals surface area contributed by atoms with Gasteiger partial charge >= 0.3 is 0 Å². The maximum Gasteiger partial charge on any atom is 0.231 e. The van der Waals surface area contributed by atoms with Crippen LogP contribution in [0.5, 0.6) is 0 Å². The summed E-state index contributed by atoms with van der Waals surface area (Å²) in [6, 6.07) is 0. The van der Waals surface area contributed by atoms with Crippen LogP contribution in [0.4, 0.5) is 5.95 Å². The van der Waals surface area contributed by atoms with Gasteiger partial charge in [-0.05, 0) is 0 Å². The van der Waals surface area contributed by atoms with Gasteiger partial charge in [-0.25, -0.2) is 9.97 Å². The maximum atomic E-state index is 10.9. The average molecular weight is 281 g/mol. The number of hydrogen-bond donors (Lipinski definition) is 3. The highest BCUT2D eigenvalue weighted by Crippen LogP contribution is 2.11. The van der Waals surface area contributed by atoms with Crippen LogP contribution in [0.25, 0.3) is 11.2 Å². The van der Waals surface area contributed by atoms with Gasteiger partial charge in [0, 0.05) is 6.92 Å². The average Bonchev–Trinajstić information content (AvgIpc) is 2.82. The van der Waals surface area contributed by atoms with E-state index in [1.165, 1.54) is 19.4 Å². The van der Waals surface area contributed by atoms with Gasteiger partial charge in [-0.15, -0.1) is 0 Å². The second kappa shape index (κ2) is 6.37. The topological polar surface area (TPSA) is 122 Å². The molecule has 2 rings (SSSR count). The van der Waals surface area contributed by atoms with Crippen LogP contribution in [0.15, 0.2) is 12.5 Å². The van der Waals surface area contributed by atoms with Gasteiger partial charge in [0.15, 0.2) is 5.65 Å². The molecule has 1 amide bonds. The van der Waals surface area contributed by atoms with E-state index in [0.717, 1.165) is 0 Å². The number of aromatic nitrogens is 4. The Hall–Kier alpha value is -2.10. The van der Waals surface area contributed by atoms with Gasteiger partial charge in [0.25, 0.3) is 0 Å². The van der Waals surface area contributed by atoms with Crippen molar-refractivity contribution in [3.05, 3.63) is 12.5 Å². The number of anilines is 1. The van der Waals surface area contributed by atoms with Crippen molar-refractivity contribution < 1.29 is 19.7 Å². The molecule has 0 atom stereocenters. The van der Waals surface area contributed by atoms with Gasteiger partial charge < -0.3 is 19.5 Å². The summed E-state index contributed by atoms with van der Waals surface area (Å²) in [5, 5.41) is 20.3. The van der Waals surface area contributed by atoms with Crippen LogP contribution in [0.2, 0.25) is 0 Å². The Morgan fingerprint density at radius 2 is 2.20 bits per heavy atom. The van der Waals surface area contributed by atoms with E-state index < -0.39 is 6.10 Å². The minimum Gasteiger partial charge on any atom is -0.394 e. The Labute approximate surface area is 114 Å². The van der Waals surface area contributed by atoms with E-state index in [1.54, 1.807) is 4.57 Å². The number of rotatable bonds is 6. The molecule has 0 saturated heterocycles. The van der Waals surface area contributed by atoms with Gasteiger partial charge in [-0.3, -0.25) is 10.1 Å². The van der Waals surface area contributed by atoms with Gasteiger partial charge in [-0.2, -0.15) is 4.98 Å². The molecule has 0 fully saturated rings. The van der Waals surface area contributed by atoms with E-state index in [9.17, 15) is 4.79 Å². The Morgan fingerprint density at radius 3 is 2.85 bits per heavy atom. The first kappa shape index (κ1) is 14.3. The van der Waals surface area contributed by atoms with Gasteiger partial charge in [0.2, 0.25) is 11.9 Å². The minimum absolute atomic E-state index is 0.102. The molecule has 9 nitrogen and oxygen atoms in total. The molecule has 0 radical (unpaired) electrons. The largest absolute Gasteiger partial charge is 0.394 e. The number of amides is 1. The van der Waals surface area contributed by atoms with Crippen molar-refractivity contribution in [2.75, 3.05) is 18.5 Å². The number of imidazole rings is 1. The molecule has 0 unspecified atom stereocenters. The standard InChI is InChI=1S/C11H15N5O4/c1-7(19)14-11-12-2-9-10(15-11)13-5-16(9)6-20-8(3-17)4-18/h2,5,8,17-18H,3-4,6H2,1H3,(H,12,14,15,19). The lowest BCUT2D eigenvalue weighted by atomic mass is 10.4. The van der Waals surface area contributed by atoms with Crippen molar-refractivity contribution in [3.8, 4) is 0 Å². The molecule has 2 aromatic rings. The summed E-state index contributed by atoms with van der Waals surface area (Å²) in [5.74, 6) is -0.0828.